The molecule has 0 saturated carbocycles. The number of ether oxygens (including phenoxy) is 1. The molecule has 0 fully saturated rings. The molecule has 1 atom stereocenters. The maximum Gasteiger partial charge on any atom is 0.144 e. The van der Waals surface area contributed by atoms with E-state index in [2.05, 4.69) is 43.4 Å². The standard InChI is InChI=1S/C18H20ClNO/c1-12(2)9-13-3-5-14(6-4-13)18-11-20-16-8-7-15(19)10-17(16)21-18/h3-8,10,12,18,20H,9,11H2,1-2H3. The van der Waals surface area contributed by atoms with E-state index in [1.54, 1.807) is 0 Å². The Morgan fingerprint density at radius 1 is 1.19 bits per heavy atom. The average Bonchev–Trinajstić information content (AvgIpc) is 2.46. The number of nitrogens with one attached hydrogen (secondary N) is 1. The molecule has 3 heteroatoms. The molecule has 2 nitrogen and oxygen atoms in total. The first kappa shape index (κ1) is 14.3. The molecular formula is C18H20ClNO. The molecule has 110 valence electrons. The van der Waals surface area contributed by atoms with Crippen molar-refractivity contribution in [3.63, 3.8) is 0 Å². The lowest BCUT2D eigenvalue weighted by Crippen LogP contribution is -2.23. The Morgan fingerprint density at radius 3 is 2.67 bits per heavy atom. The fraction of sp³-hybridized carbons (Fsp3) is 0.333. The Labute approximate surface area is 131 Å². The van der Waals surface area contributed by atoms with Crippen LogP contribution in [0, 0.1) is 5.92 Å². The second kappa shape index (κ2) is 5.98. The van der Waals surface area contributed by atoms with Crippen LogP contribution in [-0.2, 0) is 6.42 Å². The third kappa shape index (κ3) is 3.33. The first-order chi connectivity index (χ1) is 10.1. The van der Waals surface area contributed by atoms with Crippen LogP contribution in [0.1, 0.15) is 31.1 Å². The Kier molecular flexibility index (Phi) is 4.07. The van der Waals surface area contributed by atoms with E-state index in [-0.39, 0.29) is 6.10 Å². The molecule has 0 saturated heterocycles. The molecule has 1 unspecified atom stereocenters. The summed E-state index contributed by atoms with van der Waals surface area (Å²) >= 11 is 6.03. The minimum absolute atomic E-state index is 0.0315. The molecule has 1 heterocycles. The van der Waals surface area contributed by atoms with Gasteiger partial charge in [-0.15, -0.1) is 0 Å². The average molecular weight is 302 g/mol. The van der Waals surface area contributed by atoms with Crippen LogP contribution in [0.4, 0.5) is 5.69 Å². The van der Waals surface area contributed by atoms with Gasteiger partial charge in [-0.1, -0.05) is 49.7 Å². The van der Waals surface area contributed by atoms with Crippen molar-refractivity contribution in [1.29, 1.82) is 0 Å². The number of hydrogen-bond acceptors (Lipinski definition) is 2. The van der Waals surface area contributed by atoms with E-state index in [9.17, 15) is 0 Å². The van der Waals surface area contributed by atoms with E-state index in [1.165, 1.54) is 11.1 Å². The predicted octanol–water partition coefficient (Wildman–Crippen LogP) is 5.08. The van der Waals surface area contributed by atoms with Gasteiger partial charge in [0.1, 0.15) is 11.9 Å². The first-order valence-corrected chi connectivity index (χ1v) is 7.78. The summed E-state index contributed by atoms with van der Waals surface area (Å²) in [6.07, 6.45) is 1.15. The van der Waals surface area contributed by atoms with Gasteiger partial charge >= 0.3 is 0 Å². The lowest BCUT2D eigenvalue weighted by atomic mass is 10.00. The second-order valence-corrected chi connectivity index (χ2v) is 6.40. The number of fused-ring (bicyclic) bond motifs is 1. The molecule has 0 radical (unpaired) electrons. The fourth-order valence-electron chi connectivity index (χ4n) is 2.66. The maximum atomic E-state index is 6.07. The highest BCUT2D eigenvalue weighted by molar-refractivity contribution is 6.30. The molecule has 0 amide bonds. The summed E-state index contributed by atoms with van der Waals surface area (Å²) in [5.41, 5.74) is 3.58. The third-order valence-electron chi connectivity index (χ3n) is 3.69. The number of benzene rings is 2. The summed E-state index contributed by atoms with van der Waals surface area (Å²) in [5.74, 6) is 1.50. The van der Waals surface area contributed by atoms with E-state index in [0.717, 1.165) is 24.4 Å². The van der Waals surface area contributed by atoms with Gasteiger partial charge in [0.25, 0.3) is 0 Å². The summed E-state index contributed by atoms with van der Waals surface area (Å²) in [7, 11) is 0. The highest BCUT2D eigenvalue weighted by Gasteiger charge is 2.21. The molecule has 0 bridgehead atoms. The van der Waals surface area contributed by atoms with Gasteiger partial charge in [-0.25, -0.2) is 0 Å². The van der Waals surface area contributed by atoms with Crippen molar-refractivity contribution in [2.45, 2.75) is 26.4 Å². The van der Waals surface area contributed by atoms with Crippen LogP contribution >= 0.6 is 11.6 Å². The summed E-state index contributed by atoms with van der Waals surface area (Å²) in [5, 5.41) is 4.10. The molecule has 1 aliphatic heterocycles. The van der Waals surface area contributed by atoms with Gasteiger partial charge in [-0.05, 0) is 35.6 Å². The maximum absolute atomic E-state index is 6.07. The quantitative estimate of drug-likeness (QED) is 0.853. The first-order valence-electron chi connectivity index (χ1n) is 7.41. The van der Waals surface area contributed by atoms with Gasteiger partial charge in [-0.2, -0.15) is 0 Å². The SMILES string of the molecule is CC(C)Cc1ccc(C2CNc3ccc(Cl)cc3O2)cc1. The zero-order valence-corrected chi connectivity index (χ0v) is 13.2. The Hall–Kier alpha value is -1.67. The van der Waals surface area contributed by atoms with Gasteiger partial charge in [0.15, 0.2) is 0 Å². The highest BCUT2D eigenvalue weighted by Crippen LogP contribution is 2.36. The Bertz CT molecular complexity index is 622. The van der Waals surface area contributed by atoms with Crippen molar-refractivity contribution in [3.8, 4) is 5.75 Å². The van der Waals surface area contributed by atoms with Crippen LogP contribution in [-0.4, -0.2) is 6.54 Å². The lowest BCUT2D eigenvalue weighted by Gasteiger charge is -2.28. The molecule has 2 aromatic carbocycles. The largest absolute Gasteiger partial charge is 0.482 e. The molecule has 0 aliphatic carbocycles. The molecule has 2 aromatic rings. The minimum Gasteiger partial charge on any atom is -0.482 e. The van der Waals surface area contributed by atoms with E-state index in [4.69, 9.17) is 16.3 Å². The molecular weight excluding hydrogens is 282 g/mol. The van der Waals surface area contributed by atoms with Crippen LogP contribution in [0.25, 0.3) is 0 Å². The zero-order chi connectivity index (χ0) is 14.8. The van der Waals surface area contributed by atoms with Crippen LogP contribution in [0.15, 0.2) is 42.5 Å². The van der Waals surface area contributed by atoms with Gasteiger partial charge < -0.3 is 10.1 Å². The second-order valence-electron chi connectivity index (χ2n) is 5.97. The monoisotopic (exact) mass is 301 g/mol. The third-order valence-corrected chi connectivity index (χ3v) is 3.92. The summed E-state index contributed by atoms with van der Waals surface area (Å²) in [6, 6.07) is 14.4. The van der Waals surface area contributed by atoms with Crippen LogP contribution in [0.5, 0.6) is 5.75 Å². The summed E-state index contributed by atoms with van der Waals surface area (Å²) < 4.78 is 6.07. The van der Waals surface area contributed by atoms with Crippen molar-refractivity contribution in [1.82, 2.24) is 0 Å². The van der Waals surface area contributed by atoms with Crippen molar-refractivity contribution < 1.29 is 4.74 Å². The minimum atomic E-state index is 0.0315. The van der Waals surface area contributed by atoms with Crippen molar-refractivity contribution in [2.24, 2.45) is 5.92 Å². The van der Waals surface area contributed by atoms with Crippen LogP contribution in [0.2, 0.25) is 5.02 Å². The molecule has 1 aliphatic rings. The predicted molar refractivity (Wildman–Crippen MR) is 88.3 cm³/mol. The van der Waals surface area contributed by atoms with Gasteiger partial charge in [0.05, 0.1) is 12.2 Å². The summed E-state index contributed by atoms with van der Waals surface area (Å²) in [4.78, 5) is 0. The molecule has 3 rings (SSSR count). The van der Waals surface area contributed by atoms with Crippen molar-refractivity contribution >= 4 is 17.3 Å². The van der Waals surface area contributed by atoms with Crippen molar-refractivity contribution in [2.75, 3.05) is 11.9 Å². The topological polar surface area (TPSA) is 21.3 Å². The number of halogens is 1. The molecule has 0 spiro atoms. The van der Waals surface area contributed by atoms with Gasteiger partial charge in [0.2, 0.25) is 0 Å². The number of hydrogen-bond donors (Lipinski definition) is 1. The number of rotatable bonds is 3. The Balaban J connectivity index is 1.76. The van der Waals surface area contributed by atoms with E-state index in [0.29, 0.717) is 10.9 Å². The van der Waals surface area contributed by atoms with Gasteiger partial charge in [-0.3, -0.25) is 0 Å². The van der Waals surface area contributed by atoms with Crippen LogP contribution in [0.3, 0.4) is 0 Å². The van der Waals surface area contributed by atoms with E-state index < -0.39 is 0 Å². The highest BCUT2D eigenvalue weighted by atomic mass is 35.5. The zero-order valence-electron chi connectivity index (χ0n) is 12.4. The molecule has 21 heavy (non-hydrogen) atoms. The lowest BCUT2D eigenvalue weighted by molar-refractivity contribution is 0.210. The van der Waals surface area contributed by atoms with E-state index in [1.807, 2.05) is 18.2 Å². The fourth-order valence-corrected chi connectivity index (χ4v) is 2.83. The van der Waals surface area contributed by atoms with E-state index >= 15 is 0 Å². The molecule has 0 aromatic heterocycles. The van der Waals surface area contributed by atoms with Crippen LogP contribution < -0.4 is 10.1 Å². The normalized spacial score (nSPS) is 17.0. The number of anilines is 1. The Morgan fingerprint density at radius 2 is 1.95 bits per heavy atom. The van der Waals surface area contributed by atoms with Crippen molar-refractivity contribution in [3.05, 3.63) is 58.6 Å². The summed E-state index contributed by atoms with van der Waals surface area (Å²) in [6.45, 7) is 5.25. The van der Waals surface area contributed by atoms with Gasteiger partial charge in [0, 0.05) is 11.1 Å². The smallest absolute Gasteiger partial charge is 0.144 e. The molecule has 1 N–H and O–H groups in total.